The fraction of sp³-hybridized carbons (Fsp3) is 0.389. The van der Waals surface area contributed by atoms with Crippen LogP contribution in [0, 0.1) is 31.1 Å². The van der Waals surface area contributed by atoms with E-state index < -0.39 is 6.04 Å². The van der Waals surface area contributed by atoms with Crippen LogP contribution in [0.2, 0.25) is 0 Å². The smallest absolute Gasteiger partial charge is 0.252 e. The van der Waals surface area contributed by atoms with E-state index >= 15 is 0 Å². The van der Waals surface area contributed by atoms with E-state index in [1.165, 1.54) is 0 Å². The molecule has 23 heavy (non-hydrogen) atoms. The molecule has 0 saturated heterocycles. The van der Waals surface area contributed by atoms with Crippen molar-refractivity contribution in [1.29, 1.82) is 5.26 Å². The number of carbonyl (C=O) groups excluding carboxylic acids is 1. The Morgan fingerprint density at radius 2 is 1.96 bits per heavy atom. The highest BCUT2D eigenvalue weighted by atomic mass is 16.1. The van der Waals surface area contributed by atoms with Crippen molar-refractivity contribution in [3.05, 3.63) is 47.3 Å². The minimum atomic E-state index is -0.460. The van der Waals surface area contributed by atoms with Gasteiger partial charge in [-0.3, -0.25) is 4.79 Å². The number of nitrogens with zero attached hydrogens (tertiary/aromatic N) is 3. The van der Waals surface area contributed by atoms with Crippen molar-refractivity contribution in [3.63, 3.8) is 0 Å². The van der Waals surface area contributed by atoms with Crippen LogP contribution < -0.4 is 5.32 Å². The summed E-state index contributed by atoms with van der Waals surface area (Å²) in [4.78, 5) is 12.2. The van der Waals surface area contributed by atoms with Crippen LogP contribution in [-0.2, 0) is 0 Å². The Labute approximate surface area is 136 Å². The first-order valence-electron chi connectivity index (χ1n) is 7.75. The van der Waals surface area contributed by atoms with Crippen LogP contribution in [0.1, 0.15) is 42.0 Å². The molecule has 120 valence electrons. The summed E-state index contributed by atoms with van der Waals surface area (Å²) in [6, 6.07) is 10.9. The zero-order valence-corrected chi connectivity index (χ0v) is 14.0. The normalized spacial score (nSPS) is 12.0. The minimum absolute atomic E-state index is 0.225. The molecule has 1 aromatic heterocycles. The van der Waals surface area contributed by atoms with Crippen LogP contribution >= 0.6 is 0 Å². The van der Waals surface area contributed by atoms with Gasteiger partial charge >= 0.3 is 0 Å². The second-order valence-electron chi connectivity index (χ2n) is 6.17. The second kappa shape index (κ2) is 7.10. The van der Waals surface area contributed by atoms with Crippen molar-refractivity contribution in [2.24, 2.45) is 5.92 Å². The molecule has 5 nitrogen and oxygen atoms in total. The highest BCUT2D eigenvalue weighted by Crippen LogP contribution is 2.13. The molecule has 0 bridgehead atoms. The molecular weight excluding hydrogens is 288 g/mol. The monoisotopic (exact) mass is 310 g/mol. The highest BCUT2D eigenvalue weighted by Gasteiger charge is 2.14. The molecule has 1 atom stereocenters. The van der Waals surface area contributed by atoms with Crippen molar-refractivity contribution in [1.82, 2.24) is 15.1 Å². The highest BCUT2D eigenvalue weighted by molar-refractivity contribution is 5.94. The van der Waals surface area contributed by atoms with E-state index in [0.29, 0.717) is 17.9 Å². The van der Waals surface area contributed by atoms with E-state index in [0.717, 1.165) is 17.1 Å². The molecular formula is C18H22N4O. The molecule has 2 rings (SSSR count). The molecule has 1 amide bonds. The molecule has 0 spiro atoms. The summed E-state index contributed by atoms with van der Waals surface area (Å²) >= 11 is 0. The standard InChI is InChI=1S/C18H22N4O/c1-12(2)9-16(11-19)20-18(23)15-5-7-17(8-6-15)22-14(4)10-13(3)21-22/h5-8,10,12,16H,9H2,1-4H3,(H,20,23)/t16-/m0/s1. The molecule has 1 heterocycles. The van der Waals surface area contributed by atoms with Crippen molar-refractivity contribution in [3.8, 4) is 11.8 Å². The molecule has 5 heteroatoms. The minimum Gasteiger partial charge on any atom is -0.336 e. The van der Waals surface area contributed by atoms with Gasteiger partial charge in [0.25, 0.3) is 5.91 Å². The predicted octanol–water partition coefficient (Wildman–Crippen LogP) is 3.16. The average molecular weight is 310 g/mol. The van der Waals surface area contributed by atoms with Gasteiger partial charge in [-0.25, -0.2) is 4.68 Å². The van der Waals surface area contributed by atoms with Crippen molar-refractivity contribution in [2.45, 2.75) is 40.2 Å². The van der Waals surface area contributed by atoms with Crippen molar-refractivity contribution in [2.75, 3.05) is 0 Å². The Morgan fingerprint density at radius 3 is 2.43 bits per heavy atom. The molecule has 0 aliphatic carbocycles. The van der Waals surface area contributed by atoms with E-state index in [4.69, 9.17) is 5.26 Å². The fourth-order valence-electron chi connectivity index (χ4n) is 2.50. The topological polar surface area (TPSA) is 70.7 Å². The Hall–Kier alpha value is -2.61. The van der Waals surface area contributed by atoms with E-state index in [-0.39, 0.29) is 5.91 Å². The number of rotatable bonds is 5. The van der Waals surface area contributed by atoms with E-state index in [1.807, 2.05) is 50.6 Å². The van der Waals surface area contributed by atoms with Crippen LogP contribution in [0.5, 0.6) is 0 Å². The molecule has 1 aromatic carbocycles. The number of nitrogens with one attached hydrogen (secondary N) is 1. The zero-order valence-electron chi connectivity index (χ0n) is 14.0. The maximum atomic E-state index is 12.2. The van der Waals surface area contributed by atoms with E-state index in [1.54, 1.807) is 12.1 Å². The SMILES string of the molecule is Cc1cc(C)n(-c2ccc(C(=O)N[C@H](C#N)CC(C)C)cc2)n1. The van der Waals surface area contributed by atoms with Gasteiger partial charge in [-0.15, -0.1) is 0 Å². The molecule has 0 aliphatic rings. The lowest BCUT2D eigenvalue weighted by molar-refractivity contribution is 0.0942. The number of carbonyl (C=O) groups is 1. The maximum Gasteiger partial charge on any atom is 0.252 e. The second-order valence-corrected chi connectivity index (χ2v) is 6.17. The van der Waals surface area contributed by atoms with Gasteiger partial charge in [0.1, 0.15) is 6.04 Å². The molecule has 0 unspecified atom stereocenters. The number of hydrogen-bond donors (Lipinski definition) is 1. The number of benzene rings is 1. The molecule has 1 N–H and O–H groups in total. The van der Waals surface area contributed by atoms with Gasteiger partial charge in [-0.05, 0) is 56.5 Å². The quantitative estimate of drug-likeness (QED) is 0.922. The van der Waals surface area contributed by atoms with Gasteiger partial charge in [0.2, 0.25) is 0 Å². The van der Waals surface area contributed by atoms with Crippen LogP contribution in [0.15, 0.2) is 30.3 Å². The van der Waals surface area contributed by atoms with Gasteiger partial charge in [-0.1, -0.05) is 13.8 Å². The lowest BCUT2D eigenvalue weighted by Crippen LogP contribution is -2.34. The molecule has 2 aromatic rings. The van der Waals surface area contributed by atoms with E-state index in [9.17, 15) is 4.79 Å². The van der Waals surface area contributed by atoms with Gasteiger partial charge in [0.05, 0.1) is 17.5 Å². The van der Waals surface area contributed by atoms with Gasteiger partial charge < -0.3 is 5.32 Å². The van der Waals surface area contributed by atoms with Crippen LogP contribution in [0.4, 0.5) is 0 Å². The summed E-state index contributed by atoms with van der Waals surface area (Å²) in [6.07, 6.45) is 0.645. The average Bonchev–Trinajstić information content (AvgIpc) is 2.84. The van der Waals surface area contributed by atoms with Crippen LogP contribution in [0.25, 0.3) is 5.69 Å². The Kier molecular flexibility index (Phi) is 5.17. The van der Waals surface area contributed by atoms with Gasteiger partial charge in [-0.2, -0.15) is 10.4 Å². The van der Waals surface area contributed by atoms with Crippen LogP contribution in [0.3, 0.4) is 0 Å². The third kappa shape index (κ3) is 4.19. The number of aryl methyl sites for hydroxylation is 2. The first kappa shape index (κ1) is 16.8. The Balaban J connectivity index is 2.11. The summed E-state index contributed by atoms with van der Waals surface area (Å²) in [7, 11) is 0. The molecule has 0 aliphatic heterocycles. The summed E-state index contributed by atoms with van der Waals surface area (Å²) < 4.78 is 1.84. The fourth-order valence-corrected chi connectivity index (χ4v) is 2.50. The molecule has 0 radical (unpaired) electrons. The molecule has 0 saturated carbocycles. The number of amides is 1. The Morgan fingerprint density at radius 1 is 1.30 bits per heavy atom. The van der Waals surface area contributed by atoms with Crippen molar-refractivity contribution < 1.29 is 4.79 Å². The largest absolute Gasteiger partial charge is 0.336 e. The number of nitriles is 1. The first-order valence-corrected chi connectivity index (χ1v) is 7.75. The zero-order chi connectivity index (χ0) is 17.0. The lowest BCUT2D eigenvalue weighted by Gasteiger charge is -2.14. The predicted molar refractivity (Wildman–Crippen MR) is 89.4 cm³/mol. The summed E-state index contributed by atoms with van der Waals surface area (Å²) in [5.74, 6) is 0.130. The van der Waals surface area contributed by atoms with Crippen LogP contribution in [-0.4, -0.2) is 21.7 Å². The Bertz CT molecular complexity index is 722. The first-order chi connectivity index (χ1) is 10.9. The third-order valence-corrected chi connectivity index (χ3v) is 3.55. The number of aromatic nitrogens is 2. The summed E-state index contributed by atoms with van der Waals surface area (Å²) in [5.41, 5.74) is 3.45. The summed E-state index contributed by atoms with van der Waals surface area (Å²) in [6.45, 7) is 7.99. The lowest BCUT2D eigenvalue weighted by atomic mass is 10.0. The van der Waals surface area contributed by atoms with Crippen molar-refractivity contribution >= 4 is 5.91 Å². The van der Waals surface area contributed by atoms with Gasteiger partial charge in [0, 0.05) is 11.3 Å². The molecule has 0 fully saturated rings. The van der Waals surface area contributed by atoms with E-state index in [2.05, 4.69) is 16.5 Å². The van der Waals surface area contributed by atoms with Gasteiger partial charge in [0.15, 0.2) is 0 Å². The summed E-state index contributed by atoms with van der Waals surface area (Å²) in [5, 5.41) is 16.3. The maximum absolute atomic E-state index is 12.2. The number of hydrogen-bond acceptors (Lipinski definition) is 3. The third-order valence-electron chi connectivity index (χ3n) is 3.55.